The molecule has 1 atom stereocenters. The lowest BCUT2D eigenvalue weighted by Gasteiger charge is -2.33. The van der Waals surface area contributed by atoms with Gasteiger partial charge in [-0.3, -0.25) is 19.3 Å². The molecule has 0 bridgehead atoms. The van der Waals surface area contributed by atoms with Crippen molar-refractivity contribution in [2.24, 2.45) is 0 Å². The van der Waals surface area contributed by atoms with Crippen LogP contribution >= 0.6 is 0 Å². The predicted octanol–water partition coefficient (Wildman–Crippen LogP) is 0.651. The highest BCUT2D eigenvalue weighted by atomic mass is 16.5. The van der Waals surface area contributed by atoms with Gasteiger partial charge in [0.15, 0.2) is 6.61 Å². The Labute approximate surface area is 141 Å². The number of ether oxygens (including phenoxy) is 1. The van der Waals surface area contributed by atoms with Gasteiger partial charge < -0.3 is 15.0 Å². The molecule has 2 aliphatic rings. The first kappa shape index (κ1) is 18.2. The monoisotopic (exact) mass is 339 g/mol. The van der Waals surface area contributed by atoms with Gasteiger partial charge in [-0.25, -0.2) is 4.79 Å². The van der Waals surface area contributed by atoms with Gasteiger partial charge in [-0.15, -0.1) is 0 Å². The molecule has 2 fully saturated rings. The molecular formula is C16H25N3O5. The van der Waals surface area contributed by atoms with Gasteiger partial charge in [-0.2, -0.15) is 0 Å². The third-order valence-electron chi connectivity index (χ3n) is 4.46. The van der Waals surface area contributed by atoms with Crippen LogP contribution in [0.25, 0.3) is 0 Å². The number of nitrogens with one attached hydrogen (secondary N) is 1. The average Bonchev–Trinajstić information content (AvgIpc) is 2.71. The van der Waals surface area contributed by atoms with E-state index in [1.807, 2.05) is 6.92 Å². The fourth-order valence-electron chi connectivity index (χ4n) is 2.99. The van der Waals surface area contributed by atoms with Gasteiger partial charge in [0.2, 0.25) is 0 Å². The summed E-state index contributed by atoms with van der Waals surface area (Å²) in [4.78, 5) is 50.3. The van der Waals surface area contributed by atoms with Crippen molar-refractivity contribution in [1.29, 1.82) is 0 Å². The predicted molar refractivity (Wildman–Crippen MR) is 84.9 cm³/mol. The molecule has 0 aliphatic carbocycles. The maximum absolute atomic E-state index is 12.1. The molecule has 0 aromatic carbocycles. The molecule has 8 heteroatoms. The lowest BCUT2D eigenvalue weighted by molar-refractivity contribution is -0.153. The van der Waals surface area contributed by atoms with E-state index in [1.165, 1.54) is 0 Å². The minimum atomic E-state index is -0.957. The quantitative estimate of drug-likeness (QED) is 0.586. The van der Waals surface area contributed by atoms with Crippen molar-refractivity contribution in [3.63, 3.8) is 0 Å². The van der Waals surface area contributed by atoms with Crippen molar-refractivity contribution >= 4 is 23.8 Å². The molecule has 8 nitrogen and oxygen atoms in total. The largest absolute Gasteiger partial charge is 0.456 e. The van der Waals surface area contributed by atoms with E-state index in [4.69, 9.17) is 4.74 Å². The minimum absolute atomic E-state index is 0.0543. The maximum Gasteiger partial charge on any atom is 0.325 e. The van der Waals surface area contributed by atoms with Gasteiger partial charge in [0.05, 0.1) is 6.42 Å². The average molecular weight is 339 g/mol. The number of urea groups is 1. The van der Waals surface area contributed by atoms with Gasteiger partial charge in [0.1, 0.15) is 5.54 Å². The third-order valence-corrected chi connectivity index (χ3v) is 4.46. The molecule has 2 saturated heterocycles. The molecule has 4 amide bonds. The Hall–Kier alpha value is -2.12. The fourth-order valence-corrected chi connectivity index (χ4v) is 2.99. The standard InChI is InChI=1S/C16H25N3O5/c1-11-6-4-5-8-18(11)12(20)10-24-13(21)7-9-19-14(22)16(2,3)17-15(19)23/h11H,4-10H2,1-3H3,(H,17,23). The molecular weight excluding hydrogens is 314 g/mol. The summed E-state index contributed by atoms with van der Waals surface area (Å²) in [5.74, 6) is -1.18. The molecule has 24 heavy (non-hydrogen) atoms. The van der Waals surface area contributed by atoms with Gasteiger partial charge in [-0.05, 0) is 40.0 Å². The second-order valence-corrected chi connectivity index (χ2v) is 6.85. The Morgan fingerprint density at radius 3 is 2.58 bits per heavy atom. The number of esters is 1. The molecule has 2 rings (SSSR count). The first-order valence-electron chi connectivity index (χ1n) is 8.31. The number of hydrogen-bond donors (Lipinski definition) is 1. The Kier molecular flexibility index (Phi) is 5.46. The summed E-state index contributed by atoms with van der Waals surface area (Å²) < 4.78 is 4.99. The summed E-state index contributed by atoms with van der Waals surface area (Å²) in [6.07, 6.45) is 2.90. The van der Waals surface area contributed by atoms with Crippen LogP contribution in [0.4, 0.5) is 4.79 Å². The zero-order valence-electron chi connectivity index (χ0n) is 14.5. The van der Waals surface area contributed by atoms with Crippen LogP contribution in [-0.4, -0.2) is 64.9 Å². The van der Waals surface area contributed by atoms with Crippen molar-refractivity contribution in [1.82, 2.24) is 15.1 Å². The van der Waals surface area contributed by atoms with Crippen molar-refractivity contribution in [2.45, 2.75) is 58.0 Å². The molecule has 1 unspecified atom stereocenters. The van der Waals surface area contributed by atoms with Crippen LogP contribution < -0.4 is 5.32 Å². The lowest BCUT2D eigenvalue weighted by Crippen LogP contribution is -2.44. The van der Waals surface area contributed by atoms with E-state index in [2.05, 4.69) is 5.32 Å². The van der Waals surface area contributed by atoms with Crippen molar-refractivity contribution < 1.29 is 23.9 Å². The fraction of sp³-hybridized carbons (Fsp3) is 0.750. The van der Waals surface area contributed by atoms with E-state index in [1.54, 1.807) is 18.7 Å². The van der Waals surface area contributed by atoms with Gasteiger partial charge in [0.25, 0.3) is 11.8 Å². The number of carbonyl (C=O) groups is 4. The molecule has 2 heterocycles. The topological polar surface area (TPSA) is 96.0 Å². The Balaban J connectivity index is 1.75. The van der Waals surface area contributed by atoms with E-state index >= 15 is 0 Å². The van der Waals surface area contributed by atoms with Crippen LogP contribution in [0, 0.1) is 0 Å². The summed E-state index contributed by atoms with van der Waals surface area (Å²) in [6, 6.07) is -0.353. The highest BCUT2D eigenvalue weighted by molar-refractivity contribution is 6.06. The molecule has 2 aliphatic heterocycles. The van der Waals surface area contributed by atoms with Crippen molar-refractivity contribution in [3.8, 4) is 0 Å². The van der Waals surface area contributed by atoms with Gasteiger partial charge in [0, 0.05) is 19.1 Å². The number of nitrogens with zero attached hydrogens (tertiary/aromatic N) is 2. The Morgan fingerprint density at radius 2 is 2.00 bits per heavy atom. The van der Waals surface area contributed by atoms with E-state index < -0.39 is 17.5 Å². The SMILES string of the molecule is CC1CCCCN1C(=O)COC(=O)CCN1C(=O)NC(C)(C)C1=O. The van der Waals surface area contributed by atoms with Gasteiger partial charge in [-0.1, -0.05) is 0 Å². The normalized spacial score (nSPS) is 23.2. The molecule has 0 spiro atoms. The second-order valence-electron chi connectivity index (χ2n) is 6.85. The van der Waals surface area contributed by atoms with Crippen LogP contribution in [-0.2, 0) is 19.1 Å². The van der Waals surface area contributed by atoms with Crippen LogP contribution in [0.3, 0.4) is 0 Å². The maximum atomic E-state index is 12.1. The molecule has 134 valence electrons. The van der Waals surface area contributed by atoms with Gasteiger partial charge >= 0.3 is 12.0 Å². The molecule has 1 N–H and O–H groups in total. The summed E-state index contributed by atoms with van der Waals surface area (Å²) in [6.45, 7) is 5.53. The van der Waals surface area contributed by atoms with Crippen LogP contribution in [0.1, 0.15) is 46.5 Å². The number of piperidine rings is 1. The Morgan fingerprint density at radius 1 is 1.29 bits per heavy atom. The molecule has 0 aromatic heterocycles. The zero-order valence-corrected chi connectivity index (χ0v) is 14.5. The second kappa shape index (κ2) is 7.19. The number of hydrogen-bond acceptors (Lipinski definition) is 5. The highest BCUT2D eigenvalue weighted by Crippen LogP contribution is 2.17. The third kappa shape index (κ3) is 4.04. The molecule has 0 radical (unpaired) electrons. The number of rotatable bonds is 5. The number of amides is 4. The molecule has 0 saturated carbocycles. The highest BCUT2D eigenvalue weighted by Gasteiger charge is 2.44. The summed E-state index contributed by atoms with van der Waals surface area (Å²) >= 11 is 0. The van der Waals surface area contributed by atoms with Crippen LogP contribution in [0.5, 0.6) is 0 Å². The number of likely N-dealkylation sites (tertiary alicyclic amines) is 1. The first-order chi connectivity index (χ1) is 11.2. The van der Waals surface area contributed by atoms with E-state index in [0.717, 1.165) is 24.2 Å². The van der Waals surface area contributed by atoms with E-state index in [0.29, 0.717) is 6.54 Å². The zero-order chi connectivity index (χ0) is 17.9. The molecule has 0 aromatic rings. The summed E-state index contributed by atoms with van der Waals surface area (Å²) in [5, 5.41) is 2.54. The summed E-state index contributed by atoms with van der Waals surface area (Å²) in [7, 11) is 0. The lowest BCUT2D eigenvalue weighted by atomic mass is 10.0. The minimum Gasteiger partial charge on any atom is -0.456 e. The van der Waals surface area contributed by atoms with E-state index in [-0.39, 0.29) is 37.4 Å². The van der Waals surface area contributed by atoms with Crippen molar-refractivity contribution in [3.05, 3.63) is 0 Å². The Bertz CT molecular complexity index is 546. The smallest absolute Gasteiger partial charge is 0.325 e. The number of imide groups is 1. The summed E-state index contributed by atoms with van der Waals surface area (Å²) in [5.41, 5.74) is -0.957. The van der Waals surface area contributed by atoms with Crippen LogP contribution in [0.2, 0.25) is 0 Å². The van der Waals surface area contributed by atoms with Crippen molar-refractivity contribution in [2.75, 3.05) is 19.7 Å². The van der Waals surface area contributed by atoms with Crippen LogP contribution in [0.15, 0.2) is 0 Å². The first-order valence-corrected chi connectivity index (χ1v) is 8.31. The number of carbonyl (C=O) groups excluding carboxylic acids is 4. The van der Waals surface area contributed by atoms with E-state index in [9.17, 15) is 19.2 Å².